The van der Waals surface area contributed by atoms with E-state index in [9.17, 15) is 4.79 Å². The van der Waals surface area contributed by atoms with Crippen molar-refractivity contribution in [2.75, 3.05) is 0 Å². The molecule has 0 heterocycles. The summed E-state index contributed by atoms with van der Waals surface area (Å²) in [6.07, 6.45) is 3.80. The van der Waals surface area contributed by atoms with Gasteiger partial charge >= 0.3 is 5.97 Å². The molecule has 0 aromatic rings. The van der Waals surface area contributed by atoms with Crippen LogP contribution in [-0.4, -0.2) is 11.6 Å². The lowest BCUT2D eigenvalue weighted by Crippen LogP contribution is -2.59. The quantitative estimate of drug-likeness (QED) is 0.668. The summed E-state index contributed by atoms with van der Waals surface area (Å²) in [7, 11) is 0. The maximum atomic E-state index is 11.4. The maximum absolute atomic E-state index is 11.4. The molecule has 0 aromatic heterocycles. The fraction of sp³-hybridized carbons (Fsp3) is 0.941. The summed E-state index contributed by atoms with van der Waals surface area (Å²) in [5, 5.41) is 0. The second-order valence-corrected chi connectivity index (χ2v) is 8.41. The molecule has 6 atom stereocenters. The van der Waals surface area contributed by atoms with Gasteiger partial charge in [-0.3, -0.25) is 4.79 Å². The zero-order chi connectivity index (χ0) is 14.2. The molecule has 19 heavy (non-hydrogen) atoms. The van der Waals surface area contributed by atoms with Crippen molar-refractivity contribution >= 4 is 5.97 Å². The van der Waals surface area contributed by atoms with Gasteiger partial charge in [-0.25, -0.2) is 0 Å². The van der Waals surface area contributed by atoms with Gasteiger partial charge in [0.15, 0.2) is 0 Å². The summed E-state index contributed by atoms with van der Waals surface area (Å²) in [6.45, 7) is 13.5. The number of rotatable bonds is 1. The summed E-state index contributed by atoms with van der Waals surface area (Å²) < 4.78 is 5.73. The van der Waals surface area contributed by atoms with Crippen molar-refractivity contribution in [3.63, 3.8) is 0 Å². The Labute approximate surface area is 117 Å². The van der Waals surface area contributed by atoms with Crippen molar-refractivity contribution in [3.8, 4) is 0 Å². The number of carbonyl (C=O) groups excluding carboxylic acids is 1. The minimum absolute atomic E-state index is 0.119. The van der Waals surface area contributed by atoms with Gasteiger partial charge in [0.25, 0.3) is 0 Å². The fourth-order valence-electron chi connectivity index (χ4n) is 6.66. The first-order chi connectivity index (χ1) is 8.64. The van der Waals surface area contributed by atoms with E-state index in [-0.39, 0.29) is 11.6 Å². The summed E-state index contributed by atoms with van der Waals surface area (Å²) in [4.78, 5) is 11.4. The normalized spacial score (nSPS) is 54.2. The predicted octanol–water partition coefficient (Wildman–Crippen LogP) is 4.04. The van der Waals surface area contributed by atoms with E-state index in [2.05, 4.69) is 34.6 Å². The second kappa shape index (κ2) is 3.56. The van der Waals surface area contributed by atoms with Crippen LogP contribution in [0.3, 0.4) is 0 Å². The van der Waals surface area contributed by atoms with E-state index in [0.29, 0.717) is 16.7 Å². The molecule has 2 heteroatoms. The van der Waals surface area contributed by atoms with Crippen molar-refractivity contribution in [2.45, 2.75) is 66.4 Å². The average molecular weight is 264 g/mol. The third kappa shape index (κ3) is 1.41. The van der Waals surface area contributed by atoms with E-state index < -0.39 is 0 Å². The third-order valence-electron chi connectivity index (χ3n) is 7.26. The zero-order valence-corrected chi connectivity index (χ0v) is 13.2. The summed E-state index contributed by atoms with van der Waals surface area (Å²) in [5.41, 5.74) is 0.549. The first-order valence-corrected chi connectivity index (χ1v) is 7.83. The summed E-state index contributed by atoms with van der Waals surface area (Å²) in [5.74, 6) is 2.78. The summed E-state index contributed by atoms with van der Waals surface area (Å²) >= 11 is 0. The first-order valence-electron chi connectivity index (χ1n) is 7.83. The Kier molecular flexibility index (Phi) is 2.52. The smallest absolute Gasteiger partial charge is 0.303 e. The van der Waals surface area contributed by atoms with E-state index in [1.165, 1.54) is 12.8 Å². The van der Waals surface area contributed by atoms with Crippen LogP contribution in [0.2, 0.25) is 0 Å². The Balaban J connectivity index is 1.97. The van der Waals surface area contributed by atoms with Crippen molar-refractivity contribution in [3.05, 3.63) is 0 Å². The van der Waals surface area contributed by atoms with Crippen LogP contribution in [-0.2, 0) is 9.53 Å². The largest absolute Gasteiger partial charge is 0.459 e. The van der Waals surface area contributed by atoms with Gasteiger partial charge in [-0.1, -0.05) is 27.7 Å². The highest BCUT2D eigenvalue weighted by Crippen LogP contribution is 2.77. The molecule has 0 N–H and O–H groups in total. The van der Waals surface area contributed by atoms with E-state index in [0.717, 1.165) is 24.2 Å². The van der Waals surface area contributed by atoms with Gasteiger partial charge in [0.1, 0.15) is 5.60 Å². The van der Waals surface area contributed by atoms with Gasteiger partial charge in [-0.2, -0.15) is 0 Å². The molecular weight excluding hydrogens is 236 g/mol. The molecule has 3 saturated carbocycles. The molecule has 3 rings (SSSR count). The molecule has 3 aliphatic rings. The monoisotopic (exact) mass is 264 g/mol. The molecule has 2 nitrogen and oxygen atoms in total. The molecule has 3 fully saturated rings. The van der Waals surface area contributed by atoms with Gasteiger partial charge in [-0.15, -0.1) is 0 Å². The Bertz CT molecular complexity index is 427. The highest BCUT2D eigenvalue weighted by atomic mass is 16.6. The van der Waals surface area contributed by atoms with Crippen LogP contribution in [0, 0.1) is 34.5 Å². The van der Waals surface area contributed by atoms with Gasteiger partial charge in [0.2, 0.25) is 0 Å². The Morgan fingerprint density at radius 2 is 1.79 bits per heavy atom. The number of esters is 1. The molecule has 0 saturated heterocycles. The number of hydrogen-bond donors (Lipinski definition) is 0. The first kappa shape index (κ1) is 13.5. The van der Waals surface area contributed by atoms with E-state index in [1.54, 1.807) is 6.92 Å². The van der Waals surface area contributed by atoms with Gasteiger partial charge in [0, 0.05) is 12.8 Å². The Morgan fingerprint density at radius 1 is 1.16 bits per heavy atom. The predicted molar refractivity (Wildman–Crippen MR) is 75.5 cm³/mol. The molecule has 0 spiro atoms. The molecule has 108 valence electrons. The number of carbonyl (C=O) groups is 1. The highest BCUT2D eigenvalue weighted by Gasteiger charge is 2.75. The molecule has 0 radical (unpaired) electrons. The van der Waals surface area contributed by atoms with Crippen LogP contribution in [0.15, 0.2) is 0 Å². The van der Waals surface area contributed by atoms with Crippen LogP contribution in [0.1, 0.15) is 60.8 Å². The topological polar surface area (TPSA) is 26.3 Å². The van der Waals surface area contributed by atoms with E-state index in [1.807, 2.05) is 0 Å². The van der Waals surface area contributed by atoms with Crippen LogP contribution >= 0.6 is 0 Å². The van der Waals surface area contributed by atoms with Crippen LogP contribution < -0.4 is 0 Å². The standard InChI is InChI=1S/C17H28O2/c1-10-7-8-13-15(3,4)14-12(17(10,13)6)9-16(14,5)19-11(2)18/h10,12-14H,7-9H2,1-6H3/t10-,12?,13+,14-,16?,17+/m1/s1. The Hall–Kier alpha value is -0.530. The zero-order valence-electron chi connectivity index (χ0n) is 13.2. The van der Waals surface area contributed by atoms with Crippen LogP contribution in [0.4, 0.5) is 0 Å². The second-order valence-electron chi connectivity index (χ2n) is 8.41. The van der Waals surface area contributed by atoms with Crippen LogP contribution in [0.25, 0.3) is 0 Å². The van der Waals surface area contributed by atoms with Gasteiger partial charge < -0.3 is 4.74 Å². The third-order valence-corrected chi connectivity index (χ3v) is 7.26. The van der Waals surface area contributed by atoms with Crippen molar-refractivity contribution in [1.29, 1.82) is 0 Å². The minimum Gasteiger partial charge on any atom is -0.459 e. The lowest BCUT2D eigenvalue weighted by Gasteiger charge is -2.56. The lowest BCUT2D eigenvalue weighted by atomic mass is 9.52. The lowest BCUT2D eigenvalue weighted by molar-refractivity contribution is -0.204. The molecule has 0 aliphatic heterocycles. The SMILES string of the molecule is CC(=O)OC1(C)CC2[C@@H]1C(C)(C)[C@@H]1CC[C@@H](C)[C@@]21C. The highest BCUT2D eigenvalue weighted by molar-refractivity contribution is 5.66. The average Bonchev–Trinajstić information content (AvgIpc) is 2.58. The maximum Gasteiger partial charge on any atom is 0.303 e. The van der Waals surface area contributed by atoms with Crippen molar-refractivity contribution in [1.82, 2.24) is 0 Å². The molecule has 0 amide bonds. The van der Waals surface area contributed by atoms with E-state index >= 15 is 0 Å². The fourth-order valence-corrected chi connectivity index (χ4v) is 6.66. The minimum atomic E-state index is -0.215. The molecule has 3 aliphatic carbocycles. The summed E-state index contributed by atoms with van der Waals surface area (Å²) in [6, 6.07) is 0. The number of ether oxygens (including phenoxy) is 1. The Morgan fingerprint density at radius 3 is 2.37 bits per heavy atom. The van der Waals surface area contributed by atoms with Gasteiger partial charge in [0.05, 0.1) is 0 Å². The molecule has 2 unspecified atom stereocenters. The molecule has 0 bridgehead atoms. The van der Waals surface area contributed by atoms with E-state index in [4.69, 9.17) is 4.74 Å². The van der Waals surface area contributed by atoms with Crippen molar-refractivity contribution < 1.29 is 9.53 Å². The number of fused-ring (bicyclic) bond motifs is 3. The van der Waals surface area contributed by atoms with Gasteiger partial charge in [-0.05, 0) is 54.8 Å². The van der Waals surface area contributed by atoms with Crippen LogP contribution in [0.5, 0.6) is 0 Å². The van der Waals surface area contributed by atoms with Crippen molar-refractivity contribution in [2.24, 2.45) is 34.5 Å². The molecular formula is C17H28O2. The molecule has 0 aromatic carbocycles. The number of hydrogen-bond acceptors (Lipinski definition) is 2.